The van der Waals surface area contributed by atoms with Gasteiger partial charge in [-0.3, -0.25) is 19.3 Å². The number of piperidine rings is 1. The first-order valence-corrected chi connectivity index (χ1v) is 14.5. The molecule has 2 aliphatic heterocycles. The minimum absolute atomic E-state index is 0.0891. The van der Waals surface area contributed by atoms with Gasteiger partial charge in [0.15, 0.2) is 0 Å². The molecule has 41 heavy (non-hydrogen) atoms. The van der Waals surface area contributed by atoms with Crippen molar-refractivity contribution in [3.63, 3.8) is 0 Å². The van der Waals surface area contributed by atoms with E-state index in [0.717, 1.165) is 35.3 Å². The van der Waals surface area contributed by atoms with Gasteiger partial charge in [0.2, 0.25) is 17.7 Å². The Hall–Kier alpha value is -3.92. The maximum absolute atomic E-state index is 13.7. The third-order valence-corrected chi connectivity index (χ3v) is 8.87. The van der Waals surface area contributed by atoms with E-state index in [4.69, 9.17) is 10.5 Å². The maximum atomic E-state index is 13.7. The van der Waals surface area contributed by atoms with Crippen LogP contribution in [0.5, 0.6) is 0 Å². The average molecular weight is 562 g/mol. The smallest absolute Gasteiger partial charge is 0.410 e. The largest absolute Gasteiger partial charge is 0.448 e. The molecule has 0 saturated carbocycles. The number of nitrogens with one attached hydrogen (secondary N) is 2. The molecule has 218 valence electrons. The number of primary amides is 1. The van der Waals surface area contributed by atoms with Gasteiger partial charge < -0.3 is 26.0 Å². The van der Waals surface area contributed by atoms with Gasteiger partial charge in [-0.2, -0.15) is 0 Å². The molecular weight excluding hydrogens is 522 g/mol. The number of likely N-dealkylation sites (N-methyl/N-ethyl adjacent to an activating group) is 1. The van der Waals surface area contributed by atoms with E-state index in [2.05, 4.69) is 34.9 Å². The SMILES string of the molecule is C[C@@H](C(=O)NC(C(=O)N1CCC[C@H]1C(N)=O)C1CCNCC1)N(C)C(=O)OCC1c2ccccc2-c2ccccc21. The highest BCUT2D eigenvalue weighted by Crippen LogP contribution is 2.44. The van der Waals surface area contributed by atoms with E-state index < -0.39 is 36.0 Å². The average Bonchev–Trinajstić information content (AvgIpc) is 3.62. The van der Waals surface area contributed by atoms with Crippen LogP contribution in [-0.4, -0.2) is 85.0 Å². The molecule has 10 heteroatoms. The van der Waals surface area contributed by atoms with Crippen molar-refractivity contribution in [2.24, 2.45) is 11.7 Å². The van der Waals surface area contributed by atoms with Gasteiger partial charge in [-0.05, 0) is 73.9 Å². The maximum Gasteiger partial charge on any atom is 0.410 e. The number of amides is 4. The van der Waals surface area contributed by atoms with Gasteiger partial charge in [0.05, 0.1) is 0 Å². The third kappa shape index (κ3) is 5.79. The number of nitrogens with two attached hydrogens (primary N) is 1. The van der Waals surface area contributed by atoms with E-state index in [-0.39, 0.29) is 24.3 Å². The molecule has 0 bridgehead atoms. The molecule has 2 aromatic rings. The Balaban J connectivity index is 1.24. The van der Waals surface area contributed by atoms with Crippen molar-refractivity contribution in [2.45, 2.75) is 56.7 Å². The quantitative estimate of drug-likeness (QED) is 0.453. The lowest BCUT2D eigenvalue weighted by Gasteiger charge is -2.35. The van der Waals surface area contributed by atoms with E-state index in [9.17, 15) is 19.2 Å². The number of fused-ring (bicyclic) bond motifs is 3. The second-order valence-electron chi connectivity index (χ2n) is 11.3. The van der Waals surface area contributed by atoms with Crippen molar-refractivity contribution in [3.05, 3.63) is 59.7 Å². The highest BCUT2D eigenvalue weighted by molar-refractivity contribution is 5.94. The van der Waals surface area contributed by atoms with Gasteiger partial charge in [-0.15, -0.1) is 0 Å². The number of ether oxygens (including phenoxy) is 1. The van der Waals surface area contributed by atoms with Crippen LogP contribution in [0.4, 0.5) is 4.79 Å². The summed E-state index contributed by atoms with van der Waals surface area (Å²) in [4.78, 5) is 54.9. The number of likely N-dealkylation sites (tertiary alicyclic amines) is 1. The van der Waals surface area contributed by atoms with E-state index in [0.29, 0.717) is 32.2 Å². The summed E-state index contributed by atoms with van der Waals surface area (Å²) in [5.74, 6) is -1.46. The Morgan fingerprint density at radius 2 is 1.63 bits per heavy atom. The molecule has 4 N–H and O–H groups in total. The Labute approximate surface area is 240 Å². The van der Waals surface area contributed by atoms with Gasteiger partial charge in [0, 0.05) is 19.5 Å². The summed E-state index contributed by atoms with van der Waals surface area (Å²) in [7, 11) is 1.52. The summed E-state index contributed by atoms with van der Waals surface area (Å²) < 4.78 is 5.74. The van der Waals surface area contributed by atoms with Gasteiger partial charge >= 0.3 is 6.09 Å². The third-order valence-electron chi connectivity index (χ3n) is 8.87. The minimum Gasteiger partial charge on any atom is -0.448 e. The normalized spacial score (nSPS) is 20.0. The second-order valence-corrected chi connectivity index (χ2v) is 11.3. The van der Waals surface area contributed by atoms with Gasteiger partial charge in [0.25, 0.3) is 0 Å². The summed E-state index contributed by atoms with van der Waals surface area (Å²) in [6.45, 7) is 3.66. The molecule has 2 fully saturated rings. The fourth-order valence-corrected chi connectivity index (χ4v) is 6.37. The molecule has 0 radical (unpaired) electrons. The number of hydrogen-bond acceptors (Lipinski definition) is 6. The molecule has 2 saturated heterocycles. The van der Waals surface area contributed by atoms with Crippen LogP contribution >= 0.6 is 0 Å². The molecule has 3 aliphatic rings. The summed E-state index contributed by atoms with van der Waals surface area (Å²) in [5.41, 5.74) is 10.0. The second kappa shape index (κ2) is 12.3. The molecule has 2 aromatic carbocycles. The van der Waals surface area contributed by atoms with Crippen molar-refractivity contribution in [1.29, 1.82) is 0 Å². The molecule has 2 heterocycles. The van der Waals surface area contributed by atoms with Crippen LogP contribution in [0, 0.1) is 5.92 Å². The zero-order valence-corrected chi connectivity index (χ0v) is 23.7. The number of benzene rings is 2. The highest BCUT2D eigenvalue weighted by Gasteiger charge is 2.41. The lowest BCUT2D eigenvalue weighted by atomic mass is 9.88. The highest BCUT2D eigenvalue weighted by atomic mass is 16.6. The standard InChI is InChI=1S/C31H39N5O5/c1-19(29(38)34-27(20-13-15-33-16-14-20)30(39)36-17-7-12-26(36)28(32)37)35(2)31(40)41-18-25-23-10-5-3-8-21(23)22-9-4-6-11-24(22)25/h3-6,8-11,19-20,25-27,33H,7,12-18H2,1-2H3,(H2,32,37)(H,34,38)/t19-,26-,27?/m0/s1. The molecule has 10 nitrogen and oxygen atoms in total. The first-order chi connectivity index (χ1) is 19.8. The lowest BCUT2D eigenvalue weighted by Crippen LogP contribution is -2.59. The molecule has 4 amide bonds. The van der Waals surface area contributed by atoms with Gasteiger partial charge in [-0.25, -0.2) is 4.79 Å². The lowest BCUT2D eigenvalue weighted by molar-refractivity contribution is -0.142. The molecule has 0 spiro atoms. The predicted molar refractivity (Wildman–Crippen MR) is 154 cm³/mol. The summed E-state index contributed by atoms with van der Waals surface area (Å²) >= 11 is 0. The van der Waals surface area contributed by atoms with E-state index in [1.54, 1.807) is 6.92 Å². The number of hydrogen-bond donors (Lipinski definition) is 3. The molecule has 1 aliphatic carbocycles. The Morgan fingerprint density at radius 3 is 2.24 bits per heavy atom. The number of carbonyl (C=O) groups excluding carboxylic acids is 4. The Bertz CT molecular complexity index is 1260. The summed E-state index contributed by atoms with van der Waals surface area (Å²) in [6.07, 6.45) is 2.01. The zero-order valence-electron chi connectivity index (χ0n) is 23.7. The number of carbonyl (C=O) groups is 4. The van der Waals surface area contributed by atoms with E-state index >= 15 is 0 Å². The molecule has 0 aromatic heterocycles. The summed E-state index contributed by atoms with van der Waals surface area (Å²) in [6, 6.07) is 13.8. The number of nitrogens with zero attached hydrogens (tertiary/aromatic N) is 2. The molecule has 3 atom stereocenters. The molecular formula is C31H39N5O5. The summed E-state index contributed by atoms with van der Waals surface area (Å²) in [5, 5.41) is 6.20. The fourth-order valence-electron chi connectivity index (χ4n) is 6.37. The predicted octanol–water partition coefficient (Wildman–Crippen LogP) is 2.22. The number of rotatable bonds is 8. The van der Waals surface area contributed by atoms with Crippen LogP contribution in [0.25, 0.3) is 11.1 Å². The van der Waals surface area contributed by atoms with Crippen molar-refractivity contribution in [2.75, 3.05) is 33.3 Å². The van der Waals surface area contributed by atoms with Crippen LogP contribution in [0.3, 0.4) is 0 Å². The van der Waals surface area contributed by atoms with Crippen LogP contribution in [-0.2, 0) is 19.1 Å². The van der Waals surface area contributed by atoms with Crippen LogP contribution in [0.2, 0.25) is 0 Å². The van der Waals surface area contributed by atoms with Crippen LogP contribution in [0.1, 0.15) is 49.7 Å². The first kappa shape index (κ1) is 28.6. The van der Waals surface area contributed by atoms with Crippen molar-refractivity contribution in [1.82, 2.24) is 20.4 Å². The van der Waals surface area contributed by atoms with Crippen LogP contribution < -0.4 is 16.4 Å². The topological polar surface area (TPSA) is 134 Å². The Morgan fingerprint density at radius 1 is 1.02 bits per heavy atom. The minimum atomic E-state index is -0.881. The van der Waals surface area contributed by atoms with Gasteiger partial charge in [-0.1, -0.05) is 48.5 Å². The van der Waals surface area contributed by atoms with Crippen molar-refractivity contribution in [3.8, 4) is 11.1 Å². The van der Waals surface area contributed by atoms with E-state index in [1.165, 1.54) is 16.8 Å². The van der Waals surface area contributed by atoms with Crippen molar-refractivity contribution < 1.29 is 23.9 Å². The monoisotopic (exact) mass is 561 g/mol. The molecule has 5 rings (SSSR count). The van der Waals surface area contributed by atoms with Crippen molar-refractivity contribution >= 4 is 23.8 Å². The van der Waals surface area contributed by atoms with E-state index in [1.807, 2.05) is 24.3 Å². The molecule has 1 unspecified atom stereocenters. The fraction of sp³-hybridized carbons (Fsp3) is 0.484. The first-order valence-electron chi connectivity index (χ1n) is 14.5. The van der Waals surface area contributed by atoms with Gasteiger partial charge in [0.1, 0.15) is 24.7 Å². The van der Waals surface area contributed by atoms with Crippen LogP contribution in [0.15, 0.2) is 48.5 Å². The zero-order chi connectivity index (χ0) is 29.1. The Kier molecular flexibility index (Phi) is 8.58.